The first-order valence-electron chi connectivity index (χ1n) is 6.77. The number of rotatable bonds is 9. The Labute approximate surface area is 126 Å². The smallest absolute Gasteiger partial charge is 0.216 e. The average Bonchev–Trinajstić information content (AvgIpc) is 2.38. The Hall–Kier alpha value is -0.560. The standard InChI is InChI=1S/C14H24N2O2S2/c1-4-19-10-12(2)16-20(17,18)11-14-7-5-13(6-8-14)9-15-3/h5-8,12,15-16H,4,9-11H2,1-3H3. The van der Waals surface area contributed by atoms with Gasteiger partial charge in [0.15, 0.2) is 0 Å². The van der Waals surface area contributed by atoms with E-state index in [1.165, 1.54) is 0 Å². The molecule has 4 nitrogen and oxygen atoms in total. The maximum atomic E-state index is 12.1. The highest BCUT2D eigenvalue weighted by atomic mass is 32.2. The Morgan fingerprint density at radius 2 is 1.80 bits per heavy atom. The van der Waals surface area contributed by atoms with E-state index >= 15 is 0 Å². The SMILES string of the molecule is CCSCC(C)NS(=O)(=O)Cc1ccc(CNC)cc1. The van der Waals surface area contributed by atoms with Gasteiger partial charge in [-0.25, -0.2) is 13.1 Å². The molecule has 0 bridgehead atoms. The molecule has 0 aliphatic carbocycles. The van der Waals surface area contributed by atoms with E-state index in [9.17, 15) is 8.42 Å². The van der Waals surface area contributed by atoms with Crippen molar-refractivity contribution < 1.29 is 8.42 Å². The fraction of sp³-hybridized carbons (Fsp3) is 0.571. The summed E-state index contributed by atoms with van der Waals surface area (Å²) in [6.45, 7) is 4.76. The van der Waals surface area contributed by atoms with Crippen LogP contribution in [0.25, 0.3) is 0 Å². The molecular weight excluding hydrogens is 292 g/mol. The molecule has 1 atom stereocenters. The second kappa shape index (κ2) is 8.67. The summed E-state index contributed by atoms with van der Waals surface area (Å²) in [5, 5.41) is 3.06. The maximum Gasteiger partial charge on any atom is 0.216 e. The summed E-state index contributed by atoms with van der Waals surface area (Å²) in [5.74, 6) is 1.84. The van der Waals surface area contributed by atoms with Crippen molar-refractivity contribution in [3.05, 3.63) is 35.4 Å². The molecule has 1 rings (SSSR count). The molecule has 2 N–H and O–H groups in total. The zero-order chi connectivity index (χ0) is 15.0. The van der Waals surface area contributed by atoms with E-state index in [1.807, 2.05) is 38.2 Å². The van der Waals surface area contributed by atoms with Gasteiger partial charge in [0.05, 0.1) is 5.75 Å². The summed E-state index contributed by atoms with van der Waals surface area (Å²) in [6, 6.07) is 7.62. The number of thioether (sulfide) groups is 1. The van der Waals surface area contributed by atoms with Crippen molar-refractivity contribution in [3.8, 4) is 0 Å². The van der Waals surface area contributed by atoms with E-state index in [-0.39, 0.29) is 11.8 Å². The lowest BCUT2D eigenvalue weighted by atomic mass is 10.1. The molecular formula is C14H24N2O2S2. The first-order valence-corrected chi connectivity index (χ1v) is 9.57. The summed E-state index contributed by atoms with van der Waals surface area (Å²) in [5.41, 5.74) is 1.96. The Balaban J connectivity index is 2.57. The Kier molecular flexibility index (Phi) is 7.58. The number of hydrogen-bond acceptors (Lipinski definition) is 4. The molecule has 114 valence electrons. The number of nitrogens with one attached hydrogen (secondary N) is 2. The number of benzene rings is 1. The summed E-state index contributed by atoms with van der Waals surface area (Å²) in [7, 11) is -1.38. The highest BCUT2D eigenvalue weighted by Crippen LogP contribution is 2.09. The van der Waals surface area contributed by atoms with Crippen molar-refractivity contribution in [1.82, 2.24) is 10.0 Å². The van der Waals surface area contributed by atoms with E-state index in [4.69, 9.17) is 0 Å². The van der Waals surface area contributed by atoms with Gasteiger partial charge in [-0.2, -0.15) is 11.8 Å². The van der Waals surface area contributed by atoms with E-state index in [0.29, 0.717) is 0 Å². The highest BCUT2D eigenvalue weighted by Gasteiger charge is 2.15. The van der Waals surface area contributed by atoms with Gasteiger partial charge in [0.2, 0.25) is 10.0 Å². The normalized spacial score (nSPS) is 13.3. The highest BCUT2D eigenvalue weighted by molar-refractivity contribution is 7.99. The summed E-state index contributed by atoms with van der Waals surface area (Å²) < 4.78 is 26.8. The molecule has 0 aliphatic heterocycles. The molecule has 0 saturated heterocycles. The van der Waals surface area contributed by atoms with Crippen LogP contribution in [0.3, 0.4) is 0 Å². The van der Waals surface area contributed by atoms with Gasteiger partial charge < -0.3 is 5.32 Å². The fourth-order valence-corrected chi connectivity index (χ4v) is 4.04. The van der Waals surface area contributed by atoms with E-state index in [1.54, 1.807) is 11.8 Å². The molecule has 0 heterocycles. The van der Waals surface area contributed by atoms with Crippen LogP contribution in [0, 0.1) is 0 Å². The van der Waals surface area contributed by atoms with Crippen LogP contribution in [0.2, 0.25) is 0 Å². The van der Waals surface area contributed by atoms with Crippen LogP contribution in [0.4, 0.5) is 0 Å². The minimum atomic E-state index is -3.27. The molecule has 1 unspecified atom stereocenters. The van der Waals surface area contributed by atoms with Gasteiger partial charge in [-0.05, 0) is 30.9 Å². The molecule has 20 heavy (non-hydrogen) atoms. The topological polar surface area (TPSA) is 58.2 Å². The van der Waals surface area contributed by atoms with Crippen molar-refractivity contribution in [2.45, 2.75) is 32.2 Å². The summed E-state index contributed by atoms with van der Waals surface area (Å²) in [4.78, 5) is 0. The summed E-state index contributed by atoms with van der Waals surface area (Å²) in [6.07, 6.45) is 0. The van der Waals surface area contributed by atoms with Crippen molar-refractivity contribution in [3.63, 3.8) is 0 Å². The molecule has 0 saturated carbocycles. The van der Waals surface area contributed by atoms with Gasteiger partial charge in [0.25, 0.3) is 0 Å². The second-order valence-corrected chi connectivity index (χ2v) is 7.86. The predicted octanol–water partition coefficient (Wildman–Crippen LogP) is 1.97. The minimum Gasteiger partial charge on any atom is -0.316 e. The largest absolute Gasteiger partial charge is 0.316 e. The molecule has 0 radical (unpaired) electrons. The zero-order valence-corrected chi connectivity index (χ0v) is 14.0. The quantitative estimate of drug-likeness (QED) is 0.731. The van der Waals surface area contributed by atoms with E-state index < -0.39 is 10.0 Å². The fourth-order valence-electron chi connectivity index (χ4n) is 1.85. The van der Waals surface area contributed by atoms with Crippen LogP contribution in [0.15, 0.2) is 24.3 Å². The van der Waals surface area contributed by atoms with Crippen molar-refractivity contribution in [2.24, 2.45) is 0 Å². The molecule has 0 fully saturated rings. The Morgan fingerprint density at radius 3 is 2.35 bits per heavy atom. The van der Waals surface area contributed by atoms with Crippen LogP contribution in [-0.2, 0) is 22.3 Å². The third kappa shape index (κ3) is 6.74. The Morgan fingerprint density at radius 1 is 1.20 bits per heavy atom. The van der Waals surface area contributed by atoms with Crippen LogP contribution in [0.5, 0.6) is 0 Å². The van der Waals surface area contributed by atoms with Crippen molar-refractivity contribution in [2.75, 3.05) is 18.6 Å². The third-order valence-electron chi connectivity index (χ3n) is 2.71. The van der Waals surface area contributed by atoms with Crippen LogP contribution < -0.4 is 10.0 Å². The average molecular weight is 316 g/mol. The van der Waals surface area contributed by atoms with Gasteiger partial charge in [-0.15, -0.1) is 0 Å². The molecule has 1 aromatic carbocycles. The van der Waals surface area contributed by atoms with Crippen LogP contribution in [-0.4, -0.2) is 33.0 Å². The van der Waals surface area contributed by atoms with Gasteiger partial charge in [-0.3, -0.25) is 0 Å². The van der Waals surface area contributed by atoms with Crippen LogP contribution in [0.1, 0.15) is 25.0 Å². The van der Waals surface area contributed by atoms with Gasteiger partial charge in [0, 0.05) is 18.3 Å². The van der Waals surface area contributed by atoms with Gasteiger partial charge >= 0.3 is 0 Å². The molecule has 6 heteroatoms. The molecule has 0 aliphatic rings. The Bertz CT molecular complexity index is 486. The molecule has 0 spiro atoms. The van der Waals surface area contributed by atoms with Crippen molar-refractivity contribution >= 4 is 21.8 Å². The molecule has 1 aromatic rings. The lowest BCUT2D eigenvalue weighted by Crippen LogP contribution is -2.35. The zero-order valence-electron chi connectivity index (χ0n) is 12.3. The lowest BCUT2D eigenvalue weighted by molar-refractivity contribution is 0.570. The van der Waals surface area contributed by atoms with Crippen molar-refractivity contribution in [1.29, 1.82) is 0 Å². The van der Waals surface area contributed by atoms with Gasteiger partial charge in [-0.1, -0.05) is 31.2 Å². The first kappa shape index (κ1) is 17.5. The number of sulfonamides is 1. The summed E-state index contributed by atoms with van der Waals surface area (Å²) >= 11 is 1.74. The number of hydrogen-bond donors (Lipinski definition) is 2. The third-order valence-corrected chi connectivity index (χ3v) is 5.33. The maximum absolute atomic E-state index is 12.1. The van der Waals surface area contributed by atoms with Gasteiger partial charge in [0.1, 0.15) is 0 Å². The molecule has 0 aromatic heterocycles. The first-order chi connectivity index (χ1) is 9.46. The predicted molar refractivity (Wildman–Crippen MR) is 87.4 cm³/mol. The minimum absolute atomic E-state index is 0.0338. The van der Waals surface area contributed by atoms with E-state index in [2.05, 4.69) is 17.0 Å². The van der Waals surface area contributed by atoms with Crippen LogP contribution >= 0.6 is 11.8 Å². The lowest BCUT2D eigenvalue weighted by Gasteiger charge is -2.13. The second-order valence-electron chi connectivity index (χ2n) is 4.78. The molecule has 0 amide bonds. The monoisotopic (exact) mass is 316 g/mol. The van der Waals surface area contributed by atoms with E-state index in [0.717, 1.165) is 29.2 Å².